The number of hydrogen-bond acceptors (Lipinski definition) is 12. The van der Waals surface area contributed by atoms with Crippen LogP contribution in [-0.4, -0.2) is 67.1 Å². The number of ether oxygens (including phenoxy) is 6. The van der Waals surface area contributed by atoms with Crippen molar-refractivity contribution in [2.75, 3.05) is 6.61 Å². The Kier molecular flexibility index (Phi) is 10.2. The second kappa shape index (κ2) is 12.9. The normalized spacial score (nSPS) is 23.6. The van der Waals surface area contributed by atoms with Crippen molar-refractivity contribution in [1.82, 2.24) is 5.32 Å². The Bertz CT molecular complexity index is 925. The number of carbonyl (C=O) groups is 5. The topological polar surface area (TPSA) is 166 Å². The Hall–Kier alpha value is -3.45. The van der Waals surface area contributed by atoms with Gasteiger partial charge in [0.15, 0.2) is 24.6 Å². The smallest absolute Gasteiger partial charge is 0.303 e. The molecule has 1 aromatic rings. The van der Waals surface area contributed by atoms with Crippen LogP contribution < -0.4 is 5.32 Å². The van der Waals surface area contributed by atoms with Crippen molar-refractivity contribution >= 4 is 29.8 Å². The molecule has 5 atom stereocenters. The molecule has 1 aliphatic rings. The van der Waals surface area contributed by atoms with E-state index in [1.54, 1.807) is 12.1 Å². The number of amides is 1. The Morgan fingerprint density at radius 3 is 1.94 bits per heavy atom. The summed E-state index contributed by atoms with van der Waals surface area (Å²) in [6.45, 7) is 5.60. The lowest BCUT2D eigenvalue weighted by Crippen LogP contribution is -2.62. The van der Waals surface area contributed by atoms with Crippen molar-refractivity contribution in [2.45, 2.75) is 78.5 Å². The third-order valence-electron chi connectivity index (χ3n) is 4.57. The van der Waals surface area contributed by atoms with Gasteiger partial charge in [0.25, 0.3) is 0 Å². The van der Waals surface area contributed by atoms with Crippen LogP contribution in [-0.2, 0) is 65.5 Å². The maximum Gasteiger partial charge on any atom is 0.303 e. The van der Waals surface area contributed by atoms with Gasteiger partial charge < -0.3 is 38.2 Å². The van der Waals surface area contributed by atoms with Crippen LogP contribution in [0.25, 0.3) is 0 Å². The van der Waals surface area contributed by atoms with Crippen LogP contribution in [0.4, 0.5) is 0 Å². The summed E-state index contributed by atoms with van der Waals surface area (Å²) in [4.78, 5) is 57.8. The molecule has 1 aliphatic heterocycles. The summed E-state index contributed by atoms with van der Waals surface area (Å²) in [6.07, 6.45) is -6.36. The van der Waals surface area contributed by atoms with Crippen molar-refractivity contribution in [2.24, 2.45) is 0 Å². The summed E-state index contributed by atoms with van der Waals surface area (Å²) in [6, 6.07) is 3.25. The van der Waals surface area contributed by atoms with Crippen LogP contribution in [0.15, 0.2) is 16.5 Å². The number of nitrogens with one attached hydrogen (secondary N) is 1. The van der Waals surface area contributed by atoms with E-state index in [4.69, 9.17) is 32.8 Å². The molecule has 13 heteroatoms. The van der Waals surface area contributed by atoms with Crippen LogP contribution in [0.3, 0.4) is 0 Å². The highest BCUT2D eigenvalue weighted by Gasteiger charge is 2.52. The highest BCUT2D eigenvalue weighted by Crippen LogP contribution is 2.30. The van der Waals surface area contributed by atoms with Crippen molar-refractivity contribution in [3.63, 3.8) is 0 Å². The minimum Gasteiger partial charge on any atom is -0.463 e. The van der Waals surface area contributed by atoms with Crippen molar-refractivity contribution in [1.29, 1.82) is 0 Å². The molecule has 1 N–H and O–H groups in total. The van der Waals surface area contributed by atoms with Gasteiger partial charge in [-0.2, -0.15) is 0 Å². The summed E-state index contributed by atoms with van der Waals surface area (Å²) in [5, 5.41) is 2.60. The molecule has 2 heterocycles. The van der Waals surface area contributed by atoms with Gasteiger partial charge in [-0.25, -0.2) is 0 Å². The maximum atomic E-state index is 11.8. The van der Waals surface area contributed by atoms with Gasteiger partial charge in [0.05, 0.1) is 6.54 Å². The third-order valence-corrected chi connectivity index (χ3v) is 4.57. The molecular formula is C22H29NO12. The van der Waals surface area contributed by atoms with E-state index < -0.39 is 54.6 Å². The fourth-order valence-corrected chi connectivity index (χ4v) is 3.29. The zero-order valence-corrected chi connectivity index (χ0v) is 20.1. The van der Waals surface area contributed by atoms with Gasteiger partial charge in [-0.05, 0) is 12.1 Å². The SMILES string of the molecule is CC(=O)NCc1ccc(CO[C@H]2O[C@H](COC(C)=O)[C@@H](OC(C)=O)[C@H](OC(C)=O)[C@H]2OC(C)=O)o1. The third kappa shape index (κ3) is 9.02. The van der Waals surface area contributed by atoms with E-state index in [1.807, 2.05) is 0 Å². The lowest BCUT2D eigenvalue weighted by molar-refractivity contribution is -0.311. The first kappa shape index (κ1) is 27.8. The first-order chi connectivity index (χ1) is 16.5. The summed E-state index contributed by atoms with van der Waals surface area (Å²) in [7, 11) is 0. The molecule has 1 amide bonds. The van der Waals surface area contributed by atoms with E-state index in [2.05, 4.69) is 5.32 Å². The average molecular weight is 499 g/mol. The molecule has 0 saturated carbocycles. The summed E-state index contributed by atoms with van der Waals surface area (Å²) >= 11 is 0. The lowest BCUT2D eigenvalue weighted by Gasteiger charge is -2.43. The Labute approximate surface area is 201 Å². The van der Waals surface area contributed by atoms with E-state index in [1.165, 1.54) is 13.8 Å². The predicted molar refractivity (Wildman–Crippen MR) is 113 cm³/mol. The summed E-state index contributed by atoms with van der Waals surface area (Å²) in [5.41, 5.74) is 0. The Morgan fingerprint density at radius 2 is 1.37 bits per heavy atom. The standard InChI is InChI=1S/C22H29NO12/c1-11(24)23-8-16-6-7-17(34-16)9-30-22-21(33-15(5)28)20(32-14(4)27)19(31-13(3)26)18(35-22)10-29-12(2)25/h6-7,18-22H,8-10H2,1-5H3,(H,23,24)/t18-,19-,20+,21-,22+/m1/s1. The summed E-state index contributed by atoms with van der Waals surface area (Å²) < 4.78 is 38.2. The van der Waals surface area contributed by atoms with Gasteiger partial charge in [-0.3, -0.25) is 24.0 Å². The van der Waals surface area contributed by atoms with Crippen LogP contribution in [0.2, 0.25) is 0 Å². The van der Waals surface area contributed by atoms with Crippen LogP contribution in [0, 0.1) is 0 Å². The van der Waals surface area contributed by atoms with Crippen LogP contribution >= 0.6 is 0 Å². The van der Waals surface area contributed by atoms with Gasteiger partial charge in [0.1, 0.15) is 30.8 Å². The minimum atomic E-state index is -1.33. The molecule has 0 spiro atoms. The molecule has 0 aromatic carbocycles. The largest absolute Gasteiger partial charge is 0.463 e. The number of hydrogen-bond donors (Lipinski definition) is 1. The van der Waals surface area contributed by atoms with Gasteiger partial charge in [-0.15, -0.1) is 0 Å². The zero-order valence-electron chi connectivity index (χ0n) is 20.1. The first-order valence-corrected chi connectivity index (χ1v) is 10.7. The highest BCUT2D eigenvalue weighted by molar-refractivity contribution is 5.72. The first-order valence-electron chi connectivity index (χ1n) is 10.7. The number of carbonyl (C=O) groups excluding carboxylic acids is 5. The molecular weight excluding hydrogens is 470 g/mol. The zero-order chi connectivity index (χ0) is 26.1. The van der Waals surface area contributed by atoms with E-state index >= 15 is 0 Å². The molecule has 2 rings (SSSR count). The minimum absolute atomic E-state index is 0.159. The molecule has 0 radical (unpaired) electrons. The van der Waals surface area contributed by atoms with Crippen molar-refractivity contribution < 1.29 is 56.8 Å². The Morgan fingerprint density at radius 1 is 0.800 bits per heavy atom. The van der Waals surface area contributed by atoms with Crippen LogP contribution in [0.5, 0.6) is 0 Å². The Balaban J connectivity index is 2.28. The molecule has 0 unspecified atom stereocenters. The van der Waals surface area contributed by atoms with Gasteiger partial charge in [0.2, 0.25) is 5.91 Å². The molecule has 1 fully saturated rings. The molecule has 13 nitrogen and oxygen atoms in total. The second-order valence-electron chi connectivity index (χ2n) is 7.66. The van der Waals surface area contributed by atoms with E-state index in [-0.39, 0.29) is 25.7 Å². The molecule has 1 aromatic heterocycles. The summed E-state index contributed by atoms with van der Waals surface area (Å²) in [5.74, 6) is -2.23. The molecule has 35 heavy (non-hydrogen) atoms. The second-order valence-corrected chi connectivity index (χ2v) is 7.66. The quantitative estimate of drug-likeness (QED) is 0.351. The molecule has 0 bridgehead atoms. The fourth-order valence-electron chi connectivity index (χ4n) is 3.29. The predicted octanol–water partition coefficient (Wildman–Crippen LogP) is 0.515. The maximum absolute atomic E-state index is 11.8. The molecule has 194 valence electrons. The monoisotopic (exact) mass is 499 g/mol. The van der Waals surface area contributed by atoms with Crippen molar-refractivity contribution in [3.8, 4) is 0 Å². The van der Waals surface area contributed by atoms with Gasteiger partial charge in [0, 0.05) is 34.6 Å². The molecule has 0 aliphatic carbocycles. The lowest BCUT2D eigenvalue weighted by atomic mass is 9.98. The van der Waals surface area contributed by atoms with Crippen molar-refractivity contribution in [3.05, 3.63) is 23.7 Å². The molecule has 1 saturated heterocycles. The van der Waals surface area contributed by atoms with Crippen LogP contribution in [0.1, 0.15) is 46.1 Å². The van der Waals surface area contributed by atoms with E-state index in [0.717, 1.165) is 20.8 Å². The number of rotatable bonds is 10. The van der Waals surface area contributed by atoms with E-state index in [0.29, 0.717) is 11.5 Å². The van der Waals surface area contributed by atoms with Gasteiger partial charge in [-0.1, -0.05) is 0 Å². The van der Waals surface area contributed by atoms with E-state index in [9.17, 15) is 24.0 Å². The fraction of sp³-hybridized carbons (Fsp3) is 0.591. The highest BCUT2D eigenvalue weighted by atomic mass is 16.7. The number of furan rings is 1. The van der Waals surface area contributed by atoms with Gasteiger partial charge >= 0.3 is 23.9 Å². The number of esters is 4. The average Bonchev–Trinajstić information content (AvgIpc) is 3.19.